The van der Waals surface area contributed by atoms with Crippen molar-refractivity contribution in [3.05, 3.63) is 54.0 Å². The summed E-state index contributed by atoms with van der Waals surface area (Å²) in [6.07, 6.45) is 2.92. The van der Waals surface area contributed by atoms with E-state index < -0.39 is 0 Å². The highest BCUT2D eigenvalue weighted by atomic mass is 16.5. The van der Waals surface area contributed by atoms with Crippen molar-refractivity contribution in [3.63, 3.8) is 0 Å². The molecule has 0 radical (unpaired) electrons. The van der Waals surface area contributed by atoms with Gasteiger partial charge in [0.1, 0.15) is 11.5 Å². The maximum absolute atomic E-state index is 12.4. The lowest BCUT2D eigenvalue weighted by Gasteiger charge is -2.20. The van der Waals surface area contributed by atoms with Crippen LogP contribution in [-0.4, -0.2) is 24.5 Å². The van der Waals surface area contributed by atoms with E-state index in [1.54, 1.807) is 24.3 Å². The Labute approximate surface area is 136 Å². The lowest BCUT2D eigenvalue weighted by molar-refractivity contribution is -0.132. The van der Waals surface area contributed by atoms with E-state index in [0.717, 1.165) is 17.1 Å². The van der Waals surface area contributed by atoms with Gasteiger partial charge in [-0.15, -0.1) is 0 Å². The molecule has 0 aliphatic carbocycles. The zero-order valence-corrected chi connectivity index (χ0v) is 13.2. The lowest BCUT2D eigenvalue weighted by atomic mass is 10.1. The van der Waals surface area contributed by atoms with Crippen LogP contribution in [-0.2, 0) is 17.8 Å². The second kappa shape index (κ2) is 8.64. The highest BCUT2D eigenvalue weighted by molar-refractivity contribution is 5.76. The molecule has 120 valence electrons. The van der Waals surface area contributed by atoms with Gasteiger partial charge in [0, 0.05) is 13.0 Å². The van der Waals surface area contributed by atoms with E-state index in [9.17, 15) is 4.79 Å². The maximum atomic E-state index is 12.4. The van der Waals surface area contributed by atoms with Gasteiger partial charge in [-0.1, -0.05) is 12.1 Å². The van der Waals surface area contributed by atoms with Gasteiger partial charge in [-0.2, -0.15) is 5.26 Å². The molecule has 0 aliphatic heterocycles. The Morgan fingerprint density at radius 1 is 1.35 bits per heavy atom. The molecule has 23 heavy (non-hydrogen) atoms. The predicted octanol–water partition coefficient (Wildman–Crippen LogP) is 3.16. The molecule has 0 spiro atoms. The van der Waals surface area contributed by atoms with Crippen LogP contribution in [0.25, 0.3) is 0 Å². The van der Waals surface area contributed by atoms with Gasteiger partial charge in [-0.05, 0) is 36.2 Å². The average molecular weight is 312 g/mol. The summed E-state index contributed by atoms with van der Waals surface area (Å²) >= 11 is 0. The molecule has 2 rings (SSSR count). The minimum Gasteiger partial charge on any atom is -0.497 e. The van der Waals surface area contributed by atoms with Gasteiger partial charge in [-0.25, -0.2) is 0 Å². The number of amides is 1. The van der Waals surface area contributed by atoms with E-state index in [1.807, 2.05) is 30.3 Å². The van der Waals surface area contributed by atoms with Crippen LogP contribution in [0.3, 0.4) is 0 Å². The first-order chi connectivity index (χ1) is 11.2. The monoisotopic (exact) mass is 312 g/mol. The summed E-state index contributed by atoms with van der Waals surface area (Å²) in [5, 5.41) is 8.76. The number of methoxy groups -OCH3 is 1. The first-order valence-electron chi connectivity index (χ1n) is 7.53. The number of rotatable bonds is 8. The first kappa shape index (κ1) is 16.6. The Balaban J connectivity index is 1.95. The Hall–Kier alpha value is -2.74. The van der Waals surface area contributed by atoms with Crippen LogP contribution in [0, 0.1) is 11.3 Å². The van der Waals surface area contributed by atoms with Gasteiger partial charge in [0.2, 0.25) is 5.91 Å². The maximum Gasteiger partial charge on any atom is 0.223 e. The molecule has 0 bridgehead atoms. The number of carbonyl (C=O) groups excluding carboxylic acids is 1. The summed E-state index contributed by atoms with van der Waals surface area (Å²) in [4.78, 5) is 14.1. The molecule has 5 nitrogen and oxygen atoms in total. The van der Waals surface area contributed by atoms with Gasteiger partial charge in [0.15, 0.2) is 0 Å². The minimum absolute atomic E-state index is 0.0134. The molecular weight excluding hydrogens is 292 g/mol. The number of nitriles is 1. The van der Waals surface area contributed by atoms with E-state index in [0.29, 0.717) is 32.4 Å². The zero-order valence-electron chi connectivity index (χ0n) is 13.2. The number of benzene rings is 1. The molecule has 0 saturated heterocycles. The van der Waals surface area contributed by atoms with Crippen LogP contribution in [0.1, 0.15) is 24.2 Å². The summed E-state index contributed by atoms with van der Waals surface area (Å²) in [5.41, 5.74) is 1.05. The third-order valence-electron chi connectivity index (χ3n) is 3.53. The molecule has 1 aromatic heterocycles. The van der Waals surface area contributed by atoms with Gasteiger partial charge in [0.25, 0.3) is 0 Å². The molecule has 0 N–H and O–H groups in total. The standard InChI is InChI=1S/C18H20N2O3/c1-22-16-6-2-5-15(13-16)8-9-18(21)20(11-4-10-19)14-17-7-3-12-23-17/h2-3,5-7,12-13H,4,8-9,11,14H2,1H3. The van der Waals surface area contributed by atoms with Crippen LogP contribution in [0.4, 0.5) is 0 Å². The predicted molar refractivity (Wildman–Crippen MR) is 85.7 cm³/mol. The molecule has 0 atom stereocenters. The van der Waals surface area contributed by atoms with Gasteiger partial charge in [0.05, 0.1) is 32.4 Å². The number of nitrogens with zero attached hydrogens (tertiary/aromatic N) is 2. The van der Waals surface area contributed by atoms with Gasteiger partial charge in [-0.3, -0.25) is 4.79 Å². The van der Waals surface area contributed by atoms with E-state index >= 15 is 0 Å². The number of aryl methyl sites for hydroxylation is 1. The molecule has 0 unspecified atom stereocenters. The molecule has 1 heterocycles. The van der Waals surface area contributed by atoms with Crippen molar-refractivity contribution >= 4 is 5.91 Å². The fraction of sp³-hybridized carbons (Fsp3) is 0.333. The van der Waals surface area contributed by atoms with Crippen molar-refractivity contribution in [1.29, 1.82) is 5.26 Å². The minimum atomic E-state index is 0.0134. The van der Waals surface area contributed by atoms with Crippen molar-refractivity contribution in [1.82, 2.24) is 4.90 Å². The highest BCUT2D eigenvalue weighted by Crippen LogP contribution is 2.15. The third kappa shape index (κ3) is 5.19. The second-order valence-electron chi connectivity index (χ2n) is 5.15. The molecule has 1 amide bonds. The zero-order chi connectivity index (χ0) is 16.5. The Morgan fingerprint density at radius 3 is 2.91 bits per heavy atom. The topological polar surface area (TPSA) is 66.5 Å². The Kier molecular flexibility index (Phi) is 6.25. The lowest BCUT2D eigenvalue weighted by Crippen LogP contribution is -2.31. The molecule has 0 aliphatic rings. The van der Waals surface area contributed by atoms with Gasteiger partial charge >= 0.3 is 0 Å². The Morgan fingerprint density at radius 2 is 2.22 bits per heavy atom. The van der Waals surface area contributed by atoms with Crippen molar-refractivity contribution in [2.24, 2.45) is 0 Å². The fourth-order valence-corrected chi connectivity index (χ4v) is 2.30. The van der Waals surface area contributed by atoms with Crippen LogP contribution in [0.15, 0.2) is 47.1 Å². The second-order valence-corrected chi connectivity index (χ2v) is 5.15. The smallest absolute Gasteiger partial charge is 0.223 e. The number of hydrogen-bond acceptors (Lipinski definition) is 4. The first-order valence-corrected chi connectivity index (χ1v) is 7.53. The number of carbonyl (C=O) groups is 1. The number of ether oxygens (including phenoxy) is 1. The summed E-state index contributed by atoms with van der Waals surface area (Å²) in [7, 11) is 1.62. The average Bonchev–Trinajstić information content (AvgIpc) is 3.09. The highest BCUT2D eigenvalue weighted by Gasteiger charge is 2.15. The molecule has 5 heteroatoms. The normalized spacial score (nSPS) is 10.1. The largest absolute Gasteiger partial charge is 0.497 e. The summed E-state index contributed by atoms with van der Waals surface area (Å²) in [6.45, 7) is 0.805. The fourth-order valence-electron chi connectivity index (χ4n) is 2.30. The van der Waals surface area contributed by atoms with E-state index in [1.165, 1.54) is 0 Å². The third-order valence-corrected chi connectivity index (χ3v) is 3.53. The van der Waals surface area contributed by atoms with Crippen molar-refractivity contribution in [2.75, 3.05) is 13.7 Å². The molecular formula is C18H20N2O3. The van der Waals surface area contributed by atoms with E-state index in [-0.39, 0.29) is 5.91 Å². The van der Waals surface area contributed by atoms with Crippen LogP contribution >= 0.6 is 0 Å². The van der Waals surface area contributed by atoms with Crippen LogP contribution in [0.5, 0.6) is 5.75 Å². The quantitative estimate of drug-likeness (QED) is 0.751. The van der Waals surface area contributed by atoms with Crippen LogP contribution < -0.4 is 4.74 Å². The van der Waals surface area contributed by atoms with E-state index in [2.05, 4.69) is 6.07 Å². The van der Waals surface area contributed by atoms with Crippen molar-refractivity contribution in [2.45, 2.75) is 25.8 Å². The summed E-state index contributed by atoms with van der Waals surface area (Å²) in [6, 6.07) is 13.4. The van der Waals surface area contributed by atoms with Crippen molar-refractivity contribution in [3.8, 4) is 11.8 Å². The molecule has 0 saturated carbocycles. The molecule has 2 aromatic rings. The van der Waals surface area contributed by atoms with Gasteiger partial charge < -0.3 is 14.1 Å². The molecule has 1 aromatic carbocycles. The summed E-state index contributed by atoms with van der Waals surface area (Å²) in [5.74, 6) is 1.52. The Bertz CT molecular complexity index is 659. The number of furan rings is 1. The van der Waals surface area contributed by atoms with Crippen LogP contribution in [0.2, 0.25) is 0 Å². The van der Waals surface area contributed by atoms with Crippen molar-refractivity contribution < 1.29 is 13.9 Å². The SMILES string of the molecule is COc1cccc(CCC(=O)N(CCC#N)Cc2ccco2)c1. The number of hydrogen-bond donors (Lipinski definition) is 0. The molecule has 0 fully saturated rings. The summed E-state index contributed by atoms with van der Waals surface area (Å²) < 4.78 is 10.5. The van der Waals surface area contributed by atoms with E-state index in [4.69, 9.17) is 14.4 Å².